The molecule has 0 fully saturated rings. The van der Waals surface area contributed by atoms with Crippen molar-refractivity contribution in [3.05, 3.63) is 66.3 Å². The number of nitrogens with zero attached hydrogens (tertiary/aromatic N) is 4. The lowest BCUT2D eigenvalue weighted by Crippen LogP contribution is -2.13. The summed E-state index contributed by atoms with van der Waals surface area (Å²) in [5.74, 6) is -0.199. The monoisotopic (exact) mass is 444 g/mol. The Bertz CT molecular complexity index is 1430. The molecule has 2 aromatic carbocycles. The van der Waals surface area contributed by atoms with E-state index in [0.29, 0.717) is 31.0 Å². The highest BCUT2D eigenvalue weighted by Gasteiger charge is 2.18. The summed E-state index contributed by atoms with van der Waals surface area (Å²) in [5, 5.41) is 22.7. The molecule has 0 atom stereocenters. The Morgan fingerprint density at radius 2 is 1.77 bits per heavy atom. The number of thiophene rings is 1. The molecular weight excluding hydrogens is 432 g/mol. The fraction of sp³-hybridized carbons (Fsp3) is 0.111. The predicted octanol–water partition coefficient (Wildman–Crippen LogP) is 4.02. The number of carbonyl (C=O) groups excluding carboxylic acids is 1. The number of aromatic nitrogens is 1. The average Bonchev–Trinajstić information content (AvgIpc) is 3.28. The van der Waals surface area contributed by atoms with Gasteiger partial charge in [0.05, 0.1) is 32.6 Å². The smallest absolute Gasteiger partial charge is 0.289 e. The predicted molar refractivity (Wildman–Crippen MR) is 112 cm³/mol. The van der Waals surface area contributed by atoms with Crippen molar-refractivity contribution in [2.75, 3.05) is 7.11 Å². The quantitative estimate of drug-likeness (QED) is 0.345. The van der Waals surface area contributed by atoms with Crippen LogP contribution < -0.4 is 9.54 Å². The molecule has 12 heteroatoms. The molecule has 0 spiro atoms. The number of non-ortho nitro benzene ring substituents is 2. The van der Waals surface area contributed by atoms with E-state index < -0.39 is 15.8 Å². The maximum Gasteiger partial charge on any atom is 0.289 e. The first-order valence-electron chi connectivity index (χ1n) is 8.37. The lowest BCUT2D eigenvalue weighted by Gasteiger charge is -2.03. The second-order valence-corrected chi connectivity index (χ2v) is 8.30. The fourth-order valence-electron chi connectivity index (χ4n) is 2.99. The normalized spacial score (nSPS) is 11.9. The Hall–Kier alpha value is -3.64. The molecule has 0 aliphatic carbocycles. The van der Waals surface area contributed by atoms with Crippen LogP contribution in [0.25, 0.3) is 20.3 Å². The van der Waals surface area contributed by atoms with Crippen molar-refractivity contribution in [3.8, 4) is 5.75 Å². The molecule has 4 rings (SSSR count). The summed E-state index contributed by atoms with van der Waals surface area (Å²) in [6.07, 6.45) is 0. The fourth-order valence-corrected chi connectivity index (χ4v) is 4.98. The third kappa shape index (κ3) is 3.31. The van der Waals surface area contributed by atoms with Gasteiger partial charge in [0.1, 0.15) is 5.52 Å². The topological polar surface area (TPSA) is 130 Å². The highest BCUT2D eigenvalue weighted by molar-refractivity contribution is 7.21. The molecule has 0 unspecified atom stereocenters. The molecule has 1 amide bonds. The number of benzene rings is 2. The van der Waals surface area contributed by atoms with Crippen molar-refractivity contribution in [1.29, 1.82) is 0 Å². The van der Waals surface area contributed by atoms with Crippen LogP contribution in [-0.2, 0) is 7.05 Å². The Kier molecular flexibility index (Phi) is 4.79. The third-order valence-corrected chi connectivity index (χ3v) is 6.58. The zero-order valence-electron chi connectivity index (χ0n) is 15.5. The van der Waals surface area contributed by atoms with Crippen LogP contribution in [0.2, 0.25) is 0 Å². The minimum Gasteiger partial charge on any atom is -0.494 e. The van der Waals surface area contributed by atoms with Gasteiger partial charge in [-0.3, -0.25) is 25.0 Å². The van der Waals surface area contributed by atoms with Gasteiger partial charge in [-0.15, -0.1) is 11.3 Å². The first-order chi connectivity index (χ1) is 14.3. The van der Waals surface area contributed by atoms with Crippen LogP contribution in [-0.4, -0.2) is 27.4 Å². The van der Waals surface area contributed by atoms with Gasteiger partial charge in [0.25, 0.3) is 17.3 Å². The lowest BCUT2D eigenvalue weighted by molar-refractivity contribution is -0.384. The van der Waals surface area contributed by atoms with Crippen molar-refractivity contribution < 1.29 is 19.4 Å². The molecule has 152 valence electrons. The number of amides is 1. The molecule has 0 N–H and O–H groups in total. The van der Waals surface area contributed by atoms with Gasteiger partial charge in [0.2, 0.25) is 0 Å². The molecule has 0 saturated carbocycles. The zero-order valence-corrected chi connectivity index (χ0v) is 17.2. The molecule has 4 aromatic rings. The van der Waals surface area contributed by atoms with Gasteiger partial charge < -0.3 is 9.30 Å². The standard InChI is InChI=1S/C18H12N4O6S2/c1-20-16-12(28-2)7-11(22(26)27)8-14(16)30-18(20)19-17(23)15-6-9-5-10(21(24)25)3-4-13(9)29-15/h3-8H,1-2H3. The van der Waals surface area contributed by atoms with E-state index in [1.54, 1.807) is 23.7 Å². The van der Waals surface area contributed by atoms with Crippen LogP contribution >= 0.6 is 22.7 Å². The summed E-state index contributed by atoms with van der Waals surface area (Å²) in [6, 6.07) is 8.68. The van der Waals surface area contributed by atoms with Crippen LogP contribution in [0.3, 0.4) is 0 Å². The van der Waals surface area contributed by atoms with Crippen LogP contribution in [0.15, 0.2) is 41.4 Å². The summed E-state index contributed by atoms with van der Waals surface area (Å²) in [4.78, 5) is 38.6. The number of nitro benzene ring substituents is 2. The van der Waals surface area contributed by atoms with E-state index in [0.717, 1.165) is 16.0 Å². The Morgan fingerprint density at radius 3 is 2.43 bits per heavy atom. The number of hydrogen-bond acceptors (Lipinski definition) is 8. The highest BCUT2D eigenvalue weighted by Crippen LogP contribution is 2.33. The molecule has 0 radical (unpaired) electrons. The molecule has 10 nitrogen and oxygen atoms in total. The minimum atomic E-state index is -0.514. The second kappa shape index (κ2) is 7.31. The number of ether oxygens (including phenoxy) is 1. The maximum atomic E-state index is 12.7. The molecule has 30 heavy (non-hydrogen) atoms. The first-order valence-corrected chi connectivity index (χ1v) is 10.0. The number of hydrogen-bond donors (Lipinski definition) is 0. The summed E-state index contributed by atoms with van der Waals surface area (Å²) >= 11 is 2.31. The van der Waals surface area contributed by atoms with Crippen molar-refractivity contribution in [2.45, 2.75) is 0 Å². The Morgan fingerprint density at radius 1 is 1.03 bits per heavy atom. The zero-order chi connectivity index (χ0) is 21.6. The highest BCUT2D eigenvalue weighted by atomic mass is 32.1. The maximum absolute atomic E-state index is 12.7. The van der Waals surface area contributed by atoms with E-state index in [-0.39, 0.29) is 11.4 Å². The van der Waals surface area contributed by atoms with Crippen molar-refractivity contribution in [2.24, 2.45) is 12.0 Å². The van der Waals surface area contributed by atoms with Gasteiger partial charge in [-0.05, 0) is 12.1 Å². The molecular formula is C18H12N4O6S2. The number of rotatable bonds is 4. The van der Waals surface area contributed by atoms with E-state index in [1.165, 1.54) is 42.7 Å². The van der Waals surface area contributed by atoms with Crippen LogP contribution in [0.1, 0.15) is 9.67 Å². The molecule has 0 aliphatic rings. The first kappa shape index (κ1) is 19.7. The Labute approximate surface area is 175 Å². The van der Waals surface area contributed by atoms with Gasteiger partial charge in [-0.2, -0.15) is 4.99 Å². The van der Waals surface area contributed by atoms with Gasteiger partial charge in [-0.25, -0.2) is 0 Å². The number of methoxy groups -OCH3 is 1. The summed E-state index contributed by atoms with van der Waals surface area (Å²) < 4.78 is 8.20. The second-order valence-electron chi connectivity index (χ2n) is 6.20. The average molecular weight is 444 g/mol. The van der Waals surface area contributed by atoms with E-state index in [2.05, 4.69) is 4.99 Å². The van der Waals surface area contributed by atoms with Gasteiger partial charge >= 0.3 is 0 Å². The molecule has 0 aliphatic heterocycles. The largest absolute Gasteiger partial charge is 0.494 e. The van der Waals surface area contributed by atoms with Crippen molar-refractivity contribution in [3.63, 3.8) is 0 Å². The summed E-state index contributed by atoms with van der Waals surface area (Å²) in [7, 11) is 3.10. The molecule has 0 bridgehead atoms. The van der Waals surface area contributed by atoms with Crippen LogP contribution in [0.5, 0.6) is 5.75 Å². The van der Waals surface area contributed by atoms with E-state index in [9.17, 15) is 25.0 Å². The van der Waals surface area contributed by atoms with Gasteiger partial charge in [0.15, 0.2) is 10.6 Å². The summed E-state index contributed by atoms with van der Waals surface area (Å²) in [5.41, 5.74) is 0.414. The van der Waals surface area contributed by atoms with E-state index >= 15 is 0 Å². The Balaban J connectivity index is 1.81. The number of nitro groups is 2. The number of aryl methyl sites for hydroxylation is 1. The van der Waals surface area contributed by atoms with Gasteiger partial charge in [0, 0.05) is 35.3 Å². The SMILES string of the molecule is COc1cc([N+](=O)[O-])cc2sc(=NC(=O)c3cc4cc([N+](=O)[O-])ccc4s3)n(C)c12. The lowest BCUT2D eigenvalue weighted by atomic mass is 10.2. The van der Waals surface area contributed by atoms with Crippen molar-refractivity contribution in [1.82, 2.24) is 4.57 Å². The minimum absolute atomic E-state index is 0.0548. The van der Waals surface area contributed by atoms with Crippen molar-refractivity contribution >= 4 is 60.3 Å². The number of carbonyl (C=O) groups is 1. The van der Waals surface area contributed by atoms with Gasteiger partial charge in [-0.1, -0.05) is 11.3 Å². The van der Waals surface area contributed by atoms with E-state index in [4.69, 9.17) is 4.74 Å². The molecule has 2 aromatic heterocycles. The third-order valence-electron chi connectivity index (χ3n) is 4.40. The number of thiazole rings is 1. The van der Waals surface area contributed by atoms with E-state index in [1.807, 2.05) is 0 Å². The molecule has 2 heterocycles. The summed E-state index contributed by atoms with van der Waals surface area (Å²) in [6.45, 7) is 0. The number of fused-ring (bicyclic) bond motifs is 2. The van der Waals surface area contributed by atoms with Crippen LogP contribution in [0, 0.1) is 20.2 Å². The molecule has 0 saturated heterocycles. The van der Waals surface area contributed by atoms with Crippen LogP contribution in [0.4, 0.5) is 11.4 Å².